The van der Waals surface area contributed by atoms with Crippen LogP contribution in [0.1, 0.15) is 5.89 Å². The van der Waals surface area contributed by atoms with Crippen LogP contribution < -0.4 is 15.5 Å². The zero-order valence-corrected chi connectivity index (χ0v) is 10.5. The van der Waals surface area contributed by atoms with Crippen molar-refractivity contribution in [3.63, 3.8) is 0 Å². The van der Waals surface area contributed by atoms with Gasteiger partial charge in [-0.05, 0) is 7.05 Å². The summed E-state index contributed by atoms with van der Waals surface area (Å²) in [6.45, 7) is 1.92. The zero-order chi connectivity index (χ0) is 13.0. The predicted octanol–water partition coefficient (Wildman–Crippen LogP) is -1.26. The predicted molar refractivity (Wildman–Crippen MR) is 63.1 cm³/mol. The van der Waals surface area contributed by atoms with E-state index in [1.165, 1.54) is 0 Å². The van der Waals surface area contributed by atoms with Gasteiger partial charge in [0.15, 0.2) is 0 Å². The minimum atomic E-state index is -0.424. The first-order valence-electron chi connectivity index (χ1n) is 5.79. The Labute approximate surface area is 105 Å². The fourth-order valence-electron chi connectivity index (χ4n) is 1.80. The number of carbonyl (C=O) groups is 1. The molecule has 0 aromatic carbocycles. The van der Waals surface area contributed by atoms with Crippen molar-refractivity contribution in [2.45, 2.75) is 12.6 Å². The summed E-state index contributed by atoms with van der Waals surface area (Å²) in [6, 6.07) is -0.0659. The third-order valence-corrected chi connectivity index (χ3v) is 2.71. The van der Waals surface area contributed by atoms with Crippen LogP contribution in [-0.2, 0) is 16.1 Å². The third kappa shape index (κ3) is 2.59. The minimum absolute atomic E-state index is 0.122. The maximum atomic E-state index is 11.7. The molecule has 1 amide bonds. The summed E-state index contributed by atoms with van der Waals surface area (Å²) in [4.78, 5) is 13.5. The molecule has 1 aliphatic rings. The summed E-state index contributed by atoms with van der Waals surface area (Å²) < 4.78 is 10.8. The van der Waals surface area contributed by atoms with Crippen LogP contribution in [0.4, 0.5) is 6.01 Å². The maximum absolute atomic E-state index is 11.7. The molecule has 8 heteroatoms. The number of anilines is 1. The number of hydrogen-bond acceptors (Lipinski definition) is 7. The number of nitrogens with zero attached hydrogens (tertiary/aromatic N) is 3. The average Bonchev–Trinajstić information content (AvgIpc) is 2.87. The van der Waals surface area contributed by atoms with Crippen molar-refractivity contribution < 1.29 is 13.9 Å². The van der Waals surface area contributed by atoms with E-state index in [0.717, 1.165) is 0 Å². The number of hydrogen-bond donors (Lipinski definition) is 2. The SMILES string of the molecule is CNCc1nnc(N2CCOCC2C(=O)NC)o1. The number of rotatable bonds is 4. The van der Waals surface area contributed by atoms with Crippen molar-refractivity contribution in [2.75, 3.05) is 38.8 Å². The minimum Gasteiger partial charge on any atom is -0.407 e. The van der Waals surface area contributed by atoms with E-state index >= 15 is 0 Å². The number of morpholine rings is 1. The van der Waals surface area contributed by atoms with Gasteiger partial charge >= 0.3 is 6.01 Å². The lowest BCUT2D eigenvalue weighted by molar-refractivity contribution is -0.124. The van der Waals surface area contributed by atoms with E-state index in [9.17, 15) is 4.79 Å². The second kappa shape index (κ2) is 5.78. The molecule has 1 aromatic heterocycles. The molecule has 1 unspecified atom stereocenters. The van der Waals surface area contributed by atoms with Gasteiger partial charge in [-0.25, -0.2) is 0 Å². The summed E-state index contributed by atoms with van der Waals surface area (Å²) in [7, 11) is 3.39. The highest BCUT2D eigenvalue weighted by Crippen LogP contribution is 2.18. The quantitative estimate of drug-likeness (QED) is 0.693. The first-order chi connectivity index (χ1) is 8.76. The van der Waals surface area contributed by atoms with Crippen molar-refractivity contribution in [1.29, 1.82) is 0 Å². The number of aromatic nitrogens is 2. The molecule has 100 valence electrons. The molecule has 1 atom stereocenters. The second-order valence-electron chi connectivity index (χ2n) is 3.91. The highest BCUT2D eigenvalue weighted by molar-refractivity contribution is 5.84. The van der Waals surface area contributed by atoms with E-state index in [2.05, 4.69) is 20.8 Å². The van der Waals surface area contributed by atoms with Gasteiger partial charge in [0.05, 0.1) is 19.8 Å². The molecular formula is C10H17N5O3. The number of ether oxygens (including phenoxy) is 1. The van der Waals surface area contributed by atoms with Crippen LogP contribution >= 0.6 is 0 Å². The molecule has 1 aromatic rings. The van der Waals surface area contributed by atoms with E-state index < -0.39 is 6.04 Å². The molecule has 1 fully saturated rings. The van der Waals surface area contributed by atoms with Gasteiger partial charge in [-0.1, -0.05) is 5.10 Å². The monoisotopic (exact) mass is 255 g/mol. The third-order valence-electron chi connectivity index (χ3n) is 2.71. The lowest BCUT2D eigenvalue weighted by Gasteiger charge is -2.32. The fraction of sp³-hybridized carbons (Fsp3) is 0.700. The lowest BCUT2D eigenvalue weighted by atomic mass is 10.2. The van der Waals surface area contributed by atoms with E-state index in [1.807, 2.05) is 0 Å². The van der Waals surface area contributed by atoms with Crippen molar-refractivity contribution in [3.8, 4) is 0 Å². The van der Waals surface area contributed by atoms with E-state index in [4.69, 9.17) is 9.15 Å². The van der Waals surface area contributed by atoms with Gasteiger partial charge < -0.3 is 24.7 Å². The molecule has 0 spiro atoms. The van der Waals surface area contributed by atoms with Gasteiger partial charge in [0.1, 0.15) is 6.04 Å². The summed E-state index contributed by atoms with van der Waals surface area (Å²) in [5.74, 6) is 0.373. The van der Waals surface area contributed by atoms with Crippen LogP contribution in [0.25, 0.3) is 0 Å². The first kappa shape index (κ1) is 12.8. The molecule has 2 rings (SSSR count). The summed E-state index contributed by atoms with van der Waals surface area (Å²) in [5.41, 5.74) is 0. The Morgan fingerprint density at radius 2 is 2.33 bits per heavy atom. The Morgan fingerprint density at radius 1 is 1.50 bits per heavy atom. The molecule has 0 radical (unpaired) electrons. The lowest BCUT2D eigenvalue weighted by Crippen LogP contribution is -2.53. The average molecular weight is 255 g/mol. The molecule has 2 heterocycles. The van der Waals surface area contributed by atoms with E-state index in [-0.39, 0.29) is 5.91 Å². The van der Waals surface area contributed by atoms with Gasteiger partial charge in [0, 0.05) is 13.6 Å². The normalized spacial score (nSPS) is 19.9. The molecular weight excluding hydrogens is 238 g/mol. The Bertz CT molecular complexity index is 408. The standard InChI is InChI=1S/C10H17N5O3/c1-11-5-8-13-14-10(18-8)15-3-4-17-6-7(15)9(16)12-2/h7,11H,3-6H2,1-2H3,(H,12,16). The van der Waals surface area contributed by atoms with Gasteiger partial charge in [-0.3, -0.25) is 4.79 Å². The smallest absolute Gasteiger partial charge is 0.319 e. The topological polar surface area (TPSA) is 92.5 Å². The highest BCUT2D eigenvalue weighted by Gasteiger charge is 2.32. The van der Waals surface area contributed by atoms with Crippen LogP contribution in [0.3, 0.4) is 0 Å². The second-order valence-corrected chi connectivity index (χ2v) is 3.91. The fourth-order valence-corrected chi connectivity index (χ4v) is 1.80. The number of amides is 1. The first-order valence-corrected chi connectivity index (χ1v) is 5.79. The largest absolute Gasteiger partial charge is 0.407 e. The van der Waals surface area contributed by atoms with E-state index in [0.29, 0.717) is 38.2 Å². The Morgan fingerprint density at radius 3 is 3.06 bits per heavy atom. The van der Waals surface area contributed by atoms with Crippen LogP contribution in [-0.4, -0.2) is 56.0 Å². The van der Waals surface area contributed by atoms with Crippen LogP contribution in [0.2, 0.25) is 0 Å². The van der Waals surface area contributed by atoms with Gasteiger partial charge in [0.25, 0.3) is 0 Å². The van der Waals surface area contributed by atoms with Crippen molar-refractivity contribution in [3.05, 3.63) is 5.89 Å². The summed E-state index contributed by atoms with van der Waals surface area (Å²) in [5, 5.41) is 13.4. The van der Waals surface area contributed by atoms with Gasteiger partial charge in [-0.15, -0.1) is 5.10 Å². The van der Waals surface area contributed by atoms with Crippen LogP contribution in [0.5, 0.6) is 0 Å². The summed E-state index contributed by atoms with van der Waals surface area (Å²) >= 11 is 0. The number of nitrogens with one attached hydrogen (secondary N) is 2. The molecule has 18 heavy (non-hydrogen) atoms. The molecule has 0 aliphatic carbocycles. The Hall–Kier alpha value is -1.67. The molecule has 2 N–H and O–H groups in total. The zero-order valence-electron chi connectivity index (χ0n) is 10.5. The van der Waals surface area contributed by atoms with Crippen molar-refractivity contribution >= 4 is 11.9 Å². The van der Waals surface area contributed by atoms with Gasteiger partial charge in [0.2, 0.25) is 11.8 Å². The number of carbonyl (C=O) groups excluding carboxylic acids is 1. The molecule has 0 bridgehead atoms. The molecule has 1 aliphatic heterocycles. The Balaban J connectivity index is 2.14. The molecule has 0 saturated carbocycles. The maximum Gasteiger partial charge on any atom is 0.319 e. The van der Waals surface area contributed by atoms with Gasteiger partial charge in [-0.2, -0.15) is 0 Å². The van der Waals surface area contributed by atoms with E-state index in [1.54, 1.807) is 19.0 Å². The van der Waals surface area contributed by atoms with Crippen molar-refractivity contribution in [2.24, 2.45) is 0 Å². The molecule has 1 saturated heterocycles. The number of likely N-dealkylation sites (N-methyl/N-ethyl adjacent to an activating group) is 1. The summed E-state index contributed by atoms with van der Waals surface area (Å²) in [6.07, 6.45) is 0. The van der Waals surface area contributed by atoms with Crippen LogP contribution in [0.15, 0.2) is 4.42 Å². The van der Waals surface area contributed by atoms with Crippen LogP contribution in [0, 0.1) is 0 Å². The van der Waals surface area contributed by atoms with Crippen molar-refractivity contribution in [1.82, 2.24) is 20.8 Å². The Kier molecular flexibility index (Phi) is 4.11. The highest BCUT2D eigenvalue weighted by atomic mass is 16.5. The molecule has 8 nitrogen and oxygen atoms in total.